The van der Waals surface area contributed by atoms with Gasteiger partial charge in [-0.2, -0.15) is 0 Å². The van der Waals surface area contributed by atoms with Gasteiger partial charge in [-0.25, -0.2) is 9.78 Å². The van der Waals surface area contributed by atoms with Crippen molar-refractivity contribution < 1.29 is 14.3 Å². The van der Waals surface area contributed by atoms with Crippen molar-refractivity contribution in [2.45, 2.75) is 76.8 Å². The lowest BCUT2D eigenvalue weighted by molar-refractivity contribution is 0.0599. The Balaban J connectivity index is 1.86. The highest BCUT2D eigenvalue weighted by Gasteiger charge is 2.29. The van der Waals surface area contributed by atoms with Crippen molar-refractivity contribution in [1.29, 1.82) is 0 Å². The van der Waals surface area contributed by atoms with E-state index in [9.17, 15) is 9.59 Å². The summed E-state index contributed by atoms with van der Waals surface area (Å²) in [7, 11) is 1.35. The van der Waals surface area contributed by atoms with E-state index in [0.29, 0.717) is 28.6 Å². The van der Waals surface area contributed by atoms with Crippen LogP contribution in [0.4, 0.5) is 0 Å². The van der Waals surface area contributed by atoms with E-state index in [2.05, 4.69) is 16.5 Å². The number of Topliss-reactive ketones (excluding diaryl/α,β-unsaturated/α-hetero) is 1. The molecule has 0 amide bonds. The standard InChI is InChI=1S/C21H29N3O3S/c1-11-17(20(26)27-6)13(3)22-18(11)19(25)15(5)28-21-23-12(2)14(4)24(21)16-9-7-8-10-16/h15-16,22H,7-10H2,1-6H3/t15-/m0/s1. The van der Waals surface area contributed by atoms with E-state index in [1.165, 1.54) is 50.2 Å². The van der Waals surface area contributed by atoms with Gasteiger partial charge in [-0.3, -0.25) is 4.79 Å². The monoisotopic (exact) mass is 403 g/mol. The van der Waals surface area contributed by atoms with Gasteiger partial charge in [0.25, 0.3) is 0 Å². The minimum absolute atomic E-state index is 0.0305. The summed E-state index contributed by atoms with van der Waals surface area (Å²) < 4.78 is 7.17. The zero-order valence-corrected chi connectivity index (χ0v) is 18.3. The molecule has 1 aliphatic rings. The zero-order valence-electron chi connectivity index (χ0n) is 17.5. The van der Waals surface area contributed by atoms with Gasteiger partial charge >= 0.3 is 5.97 Å². The molecule has 28 heavy (non-hydrogen) atoms. The Bertz CT molecular complexity index is 907. The number of hydrogen-bond acceptors (Lipinski definition) is 5. The predicted octanol–water partition coefficient (Wildman–Crippen LogP) is 4.71. The summed E-state index contributed by atoms with van der Waals surface area (Å²) in [6.07, 6.45) is 4.84. The molecule has 2 aromatic heterocycles. The maximum atomic E-state index is 13.1. The number of nitrogens with zero attached hydrogens (tertiary/aromatic N) is 2. The number of thioether (sulfide) groups is 1. The second kappa shape index (κ2) is 8.15. The molecule has 2 aromatic rings. The van der Waals surface area contributed by atoms with Crippen molar-refractivity contribution in [2.24, 2.45) is 0 Å². The number of imidazole rings is 1. The molecule has 1 atom stereocenters. The van der Waals surface area contributed by atoms with Crippen LogP contribution in [0.15, 0.2) is 5.16 Å². The molecule has 0 aliphatic heterocycles. The number of aromatic amines is 1. The van der Waals surface area contributed by atoms with Gasteiger partial charge in [0.05, 0.1) is 29.3 Å². The molecule has 152 valence electrons. The lowest BCUT2D eigenvalue weighted by atomic mass is 10.1. The van der Waals surface area contributed by atoms with Crippen molar-refractivity contribution in [2.75, 3.05) is 7.11 Å². The molecular formula is C21H29N3O3S. The SMILES string of the molecule is COC(=O)c1c(C)[nH]c(C(=O)[C@H](C)Sc2nc(C)c(C)n2C2CCCC2)c1C. The van der Waals surface area contributed by atoms with Crippen LogP contribution >= 0.6 is 11.8 Å². The summed E-state index contributed by atoms with van der Waals surface area (Å²) in [6.45, 7) is 9.61. The summed E-state index contributed by atoms with van der Waals surface area (Å²) in [5, 5.41) is 0.598. The Kier molecular flexibility index (Phi) is 6.03. The highest BCUT2D eigenvalue weighted by molar-refractivity contribution is 8.00. The van der Waals surface area contributed by atoms with Crippen LogP contribution in [0.25, 0.3) is 0 Å². The average Bonchev–Trinajstić information content (AvgIpc) is 3.34. The predicted molar refractivity (Wildman–Crippen MR) is 110 cm³/mol. The fourth-order valence-corrected chi connectivity index (χ4v) is 5.22. The lowest BCUT2D eigenvalue weighted by Crippen LogP contribution is -2.17. The fraction of sp³-hybridized carbons (Fsp3) is 0.571. The summed E-state index contributed by atoms with van der Waals surface area (Å²) in [6, 6.07) is 0.478. The van der Waals surface area contributed by atoms with E-state index in [1.54, 1.807) is 13.8 Å². The number of ether oxygens (including phenoxy) is 1. The van der Waals surface area contributed by atoms with Crippen molar-refractivity contribution in [1.82, 2.24) is 14.5 Å². The van der Waals surface area contributed by atoms with Crippen molar-refractivity contribution in [3.8, 4) is 0 Å². The number of aromatic nitrogens is 3. The van der Waals surface area contributed by atoms with Crippen LogP contribution in [0, 0.1) is 27.7 Å². The molecule has 1 N–H and O–H groups in total. The van der Waals surface area contributed by atoms with Crippen molar-refractivity contribution in [3.05, 3.63) is 33.9 Å². The van der Waals surface area contributed by atoms with E-state index >= 15 is 0 Å². The third-order valence-corrected chi connectivity index (χ3v) is 6.84. The van der Waals surface area contributed by atoms with Gasteiger partial charge in [0.1, 0.15) is 0 Å². The molecule has 0 saturated heterocycles. The summed E-state index contributed by atoms with van der Waals surface area (Å²) in [5.74, 6) is -0.453. The van der Waals surface area contributed by atoms with Gasteiger partial charge in [0.15, 0.2) is 10.9 Å². The van der Waals surface area contributed by atoms with E-state index < -0.39 is 5.97 Å². The first kappa shape index (κ1) is 20.7. The number of carbonyl (C=O) groups is 2. The van der Waals surface area contributed by atoms with Crippen LogP contribution in [0.2, 0.25) is 0 Å². The molecule has 6 nitrogen and oxygen atoms in total. The third-order valence-electron chi connectivity index (χ3n) is 5.77. The topological polar surface area (TPSA) is 77.0 Å². The van der Waals surface area contributed by atoms with Crippen LogP contribution < -0.4 is 0 Å². The number of esters is 1. The molecule has 0 spiro atoms. The number of aryl methyl sites for hydroxylation is 2. The first-order valence-electron chi connectivity index (χ1n) is 9.80. The maximum Gasteiger partial charge on any atom is 0.339 e. The molecule has 1 fully saturated rings. The zero-order chi connectivity index (χ0) is 20.6. The van der Waals surface area contributed by atoms with Crippen LogP contribution in [-0.4, -0.2) is 38.6 Å². The number of ketones is 1. The average molecular weight is 404 g/mol. The molecule has 7 heteroatoms. The number of methoxy groups -OCH3 is 1. The van der Waals surface area contributed by atoms with Gasteiger partial charge < -0.3 is 14.3 Å². The van der Waals surface area contributed by atoms with Gasteiger partial charge in [-0.1, -0.05) is 24.6 Å². The van der Waals surface area contributed by atoms with Crippen LogP contribution in [0.5, 0.6) is 0 Å². The quantitative estimate of drug-likeness (QED) is 0.429. The first-order valence-corrected chi connectivity index (χ1v) is 10.7. The third kappa shape index (κ3) is 3.64. The second-order valence-electron chi connectivity index (χ2n) is 7.61. The minimum atomic E-state index is -0.423. The molecular weight excluding hydrogens is 374 g/mol. The van der Waals surface area contributed by atoms with E-state index in [4.69, 9.17) is 9.72 Å². The summed E-state index contributed by atoms with van der Waals surface area (Å²) in [5.41, 5.74) is 4.44. The number of hydrogen-bond donors (Lipinski definition) is 1. The summed E-state index contributed by atoms with van der Waals surface area (Å²) >= 11 is 1.50. The Morgan fingerprint density at radius 2 is 1.86 bits per heavy atom. The second-order valence-corrected chi connectivity index (χ2v) is 8.92. The number of nitrogens with one attached hydrogen (secondary N) is 1. The lowest BCUT2D eigenvalue weighted by Gasteiger charge is -2.18. The number of rotatable bonds is 6. The smallest absolute Gasteiger partial charge is 0.339 e. The summed E-state index contributed by atoms with van der Waals surface area (Å²) in [4.78, 5) is 33.0. The van der Waals surface area contributed by atoms with Crippen molar-refractivity contribution >= 4 is 23.5 Å². The molecule has 1 saturated carbocycles. The van der Waals surface area contributed by atoms with Crippen LogP contribution in [0.1, 0.15) is 82.1 Å². The molecule has 1 aliphatic carbocycles. The van der Waals surface area contributed by atoms with Crippen LogP contribution in [-0.2, 0) is 4.74 Å². The van der Waals surface area contributed by atoms with E-state index in [1.807, 2.05) is 13.8 Å². The van der Waals surface area contributed by atoms with Gasteiger partial charge in [-0.05, 0) is 53.0 Å². The Morgan fingerprint density at radius 3 is 2.46 bits per heavy atom. The van der Waals surface area contributed by atoms with Crippen LogP contribution in [0.3, 0.4) is 0 Å². The van der Waals surface area contributed by atoms with Gasteiger partial charge in [0.2, 0.25) is 0 Å². The molecule has 3 rings (SSSR count). The normalized spacial score (nSPS) is 15.8. The Hall–Kier alpha value is -2.02. The van der Waals surface area contributed by atoms with E-state index in [0.717, 1.165) is 10.9 Å². The van der Waals surface area contributed by atoms with Gasteiger partial charge in [-0.15, -0.1) is 0 Å². The first-order chi connectivity index (χ1) is 13.3. The minimum Gasteiger partial charge on any atom is -0.465 e. The molecule has 0 unspecified atom stereocenters. The number of H-pyrrole nitrogens is 1. The Labute approximate surface area is 170 Å². The maximum absolute atomic E-state index is 13.1. The van der Waals surface area contributed by atoms with Gasteiger partial charge in [0, 0.05) is 17.4 Å². The molecule has 2 heterocycles. The fourth-order valence-electron chi connectivity index (χ4n) is 4.09. The molecule has 0 bridgehead atoms. The molecule has 0 aromatic carbocycles. The number of carbonyl (C=O) groups excluding carboxylic acids is 2. The highest BCUT2D eigenvalue weighted by atomic mass is 32.2. The molecule has 0 radical (unpaired) electrons. The highest BCUT2D eigenvalue weighted by Crippen LogP contribution is 2.37. The van der Waals surface area contributed by atoms with Crippen molar-refractivity contribution in [3.63, 3.8) is 0 Å². The Morgan fingerprint density at radius 1 is 1.21 bits per heavy atom. The van der Waals surface area contributed by atoms with E-state index in [-0.39, 0.29) is 11.0 Å². The largest absolute Gasteiger partial charge is 0.465 e.